The van der Waals surface area contributed by atoms with Gasteiger partial charge in [0.1, 0.15) is 12.4 Å². The first-order valence-corrected chi connectivity index (χ1v) is 10.5. The van der Waals surface area contributed by atoms with Gasteiger partial charge in [0.25, 0.3) is 0 Å². The maximum atomic E-state index is 13.4. The predicted octanol–water partition coefficient (Wildman–Crippen LogP) is 0.883. The second-order valence-corrected chi connectivity index (χ2v) is 8.16. The molecule has 1 aromatic carbocycles. The van der Waals surface area contributed by atoms with Crippen molar-refractivity contribution in [3.63, 3.8) is 0 Å². The smallest absolute Gasteiger partial charge is 0.352 e. The molecular weight excluding hydrogens is 408 g/mol. The summed E-state index contributed by atoms with van der Waals surface area (Å²) >= 11 is 0. The number of benzene rings is 1. The van der Waals surface area contributed by atoms with Crippen molar-refractivity contribution in [1.29, 1.82) is 0 Å². The minimum Gasteiger partial charge on any atom is -0.473 e. The minimum absolute atomic E-state index is 0.00930. The fraction of sp³-hybridized carbons (Fsp3) is 0.476. The van der Waals surface area contributed by atoms with Crippen LogP contribution in [0.3, 0.4) is 0 Å². The van der Waals surface area contributed by atoms with Crippen molar-refractivity contribution in [1.82, 2.24) is 19.8 Å². The lowest BCUT2D eigenvalue weighted by Crippen LogP contribution is -2.56. The molecule has 2 fully saturated rings. The van der Waals surface area contributed by atoms with Crippen LogP contribution in [0.2, 0.25) is 0 Å². The number of carbonyl (C=O) groups excluding carboxylic acids is 1. The second-order valence-electron chi connectivity index (χ2n) is 8.16. The Hall–Kier alpha value is -3.01. The summed E-state index contributed by atoms with van der Waals surface area (Å²) in [6.45, 7) is 3.08. The van der Waals surface area contributed by atoms with Crippen LogP contribution in [0.15, 0.2) is 29.1 Å². The van der Waals surface area contributed by atoms with E-state index in [1.54, 1.807) is 10.6 Å². The van der Waals surface area contributed by atoms with Crippen LogP contribution >= 0.6 is 0 Å². The van der Waals surface area contributed by atoms with Gasteiger partial charge >= 0.3 is 5.69 Å². The summed E-state index contributed by atoms with van der Waals surface area (Å²) in [5.41, 5.74) is 0.00866. The van der Waals surface area contributed by atoms with Crippen LogP contribution in [-0.4, -0.2) is 58.6 Å². The number of fused-ring (bicyclic) bond motifs is 3. The van der Waals surface area contributed by atoms with Gasteiger partial charge in [-0.25, -0.2) is 13.6 Å². The molecule has 1 N–H and O–H groups in total. The Kier molecular flexibility index (Phi) is 5.09. The highest BCUT2D eigenvalue weighted by atomic mass is 19.2. The lowest BCUT2D eigenvalue weighted by Gasteiger charge is -2.39. The normalized spacial score (nSPS) is 22.4. The molecule has 1 amide bonds. The number of aromatic nitrogens is 2. The summed E-state index contributed by atoms with van der Waals surface area (Å²) in [7, 11) is 0. The third-order valence-corrected chi connectivity index (χ3v) is 6.18. The Morgan fingerprint density at radius 1 is 1.19 bits per heavy atom. The molecule has 31 heavy (non-hydrogen) atoms. The summed E-state index contributed by atoms with van der Waals surface area (Å²) in [5, 5.41) is 3.25. The third kappa shape index (κ3) is 3.76. The van der Waals surface area contributed by atoms with Crippen molar-refractivity contribution in [3.8, 4) is 5.88 Å². The SMILES string of the molecule is O=C([C@@H]1CCCN1)N1CCN2c3cc(OCc4ccc(F)c(F)c4)nc(=O)n3CC2C1. The van der Waals surface area contributed by atoms with Crippen molar-refractivity contribution in [2.45, 2.75) is 38.1 Å². The molecule has 8 nitrogen and oxygen atoms in total. The largest absolute Gasteiger partial charge is 0.473 e. The number of anilines is 1. The summed E-state index contributed by atoms with van der Waals surface area (Å²) in [6.07, 6.45) is 1.88. The average Bonchev–Trinajstić information content (AvgIpc) is 3.42. The van der Waals surface area contributed by atoms with Gasteiger partial charge in [0, 0.05) is 25.7 Å². The maximum absolute atomic E-state index is 13.4. The number of rotatable bonds is 4. The van der Waals surface area contributed by atoms with Crippen LogP contribution in [0, 0.1) is 11.6 Å². The number of piperazine rings is 1. The number of nitrogens with one attached hydrogen (secondary N) is 1. The van der Waals surface area contributed by atoms with E-state index in [4.69, 9.17) is 4.74 Å². The first-order chi connectivity index (χ1) is 15.0. The molecule has 0 spiro atoms. The van der Waals surface area contributed by atoms with E-state index in [2.05, 4.69) is 15.2 Å². The lowest BCUT2D eigenvalue weighted by atomic mass is 10.1. The van der Waals surface area contributed by atoms with Crippen LogP contribution in [0.4, 0.5) is 14.6 Å². The van der Waals surface area contributed by atoms with Gasteiger partial charge in [0.15, 0.2) is 11.6 Å². The molecule has 4 heterocycles. The van der Waals surface area contributed by atoms with Crippen LogP contribution < -0.4 is 20.6 Å². The monoisotopic (exact) mass is 431 g/mol. The molecule has 10 heteroatoms. The highest BCUT2D eigenvalue weighted by molar-refractivity contribution is 5.82. The first kappa shape index (κ1) is 19.9. The van der Waals surface area contributed by atoms with Gasteiger partial charge in [-0.1, -0.05) is 6.07 Å². The van der Waals surface area contributed by atoms with Crippen LogP contribution in [0.1, 0.15) is 18.4 Å². The zero-order valence-corrected chi connectivity index (χ0v) is 16.9. The van der Waals surface area contributed by atoms with Gasteiger partial charge in [-0.2, -0.15) is 4.98 Å². The van der Waals surface area contributed by atoms with Crippen LogP contribution in [0.5, 0.6) is 5.88 Å². The minimum atomic E-state index is -0.953. The van der Waals surface area contributed by atoms with E-state index in [0.717, 1.165) is 31.5 Å². The fourth-order valence-electron chi connectivity index (χ4n) is 4.58. The van der Waals surface area contributed by atoms with Crippen LogP contribution in [-0.2, 0) is 17.9 Å². The molecule has 2 saturated heterocycles. The molecule has 0 bridgehead atoms. The summed E-state index contributed by atoms with van der Waals surface area (Å²) in [6, 6.07) is 5.11. The number of carbonyl (C=O) groups is 1. The van der Waals surface area contributed by atoms with Crippen molar-refractivity contribution >= 4 is 11.7 Å². The standard InChI is InChI=1S/C21H23F2N5O3/c22-15-4-3-13(8-16(15)23)12-31-18-9-19-27-7-6-26(20(29)17-2-1-5-24-17)10-14(27)11-28(19)21(30)25-18/h3-4,8-9,14,17,24H,1-2,5-7,10-12H2/t14?,17-/m0/s1. The molecule has 5 rings (SSSR count). The zero-order valence-electron chi connectivity index (χ0n) is 16.9. The summed E-state index contributed by atoms with van der Waals surface area (Å²) in [4.78, 5) is 33.3. The number of halogens is 2. The third-order valence-electron chi connectivity index (χ3n) is 6.18. The Balaban J connectivity index is 1.29. The Morgan fingerprint density at radius 3 is 2.84 bits per heavy atom. The highest BCUT2D eigenvalue weighted by Gasteiger charge is 2.38. The van der Waals surface area contributed by atoms with Crippen molar-refractivity contribution in [2.75, 3.05) is 31.1 Å². The van der Waals surface area contributed by atoms with E-state index >= 15 is 0 Å². The van der Waals surface area contributed by atoms with Gasteiger partial charge in [0.05, 0.1) is 18.6 Å². The topological polar surface area (TPSA) is 79.7 Å². The second kappa shape index (κ2) is 7.92. The van der Waals surface area contributed by atoms with E-state index < -0.39 is 17.3 Å². The van der Waals surface area contributed by atoms with Crippen molar-refractivity contribution in [3.05, 3.63) is 51.9 Å². The van der Waals surface area contributed by atoms with Crippen molar-refractivity contribution < 1.29 is 18.3 Å². The Labute approximate surface area is 177 Å². The van der Waals surface area contributed by atoms with E-state index in [9.17, 15) is 18.4 Å². The lowest BCUT2D eigenvalue weighted by molar-refractivity contribution is -0.133. The Bertz CT molecular complexity index is 1070. The van der Waals surface area contributed by atoms with E-state index in [1.807, 2.05) is 4.90 Å². The quantitative estimate of drug-likeness (QED) is 0.775. The summed E-state index contributed by atoms with van der Waals surface area (Å²) < 4.78 is 33.6. The fourth-order valence-corrected chi connectivity index (χ4v) is 4.58. The first-order valence-electron chi connectivity index (χ1n) is 10.5. The summed E-state index contributed by atoms with van der Waals surface area (Å²) in [5.74, 6) is -0.906. The highest BCUT2D eigenvalue weighted by Crippen LogP contribution is 2.29. The number of hydrogen-bond donors (Lipinski definition) is 1. The molecule has 1 aromatic heterocycles. The van der Waals surface area contributed by atoms with E-state index in [1.165, 1.54) is 6.07 Å². The average molecular weight is 431 g/mol. The molecule has 0 saturated carbocycles. The van der Waals surface area contributed by atoms with Crippen LogP contribution in [0.25, 0.3) is 0 Å². The molecular formula is C21H23F2N5O3. The maximum Gasteiger partial charge on any atom is 0.352 e. The number of amides is 1. The van der Waals surface area contributed by atoms with Gasteiger partial charge in [-0.05, 0) is 37.1 Å². The van der Waals surface area contributed by atoms with Gasteiger partial charge in [-0.3, -0.25) is 9.36 Å². The molecule has 164 valence electrons. The molecule has 2 aromatic rings. The van der Waals surface area contributed by atoms with Gasteiger partial charge in [0.2, 0.25) is 11.8 Å². The molecule has 3 aliphatic heterocycles. The predicted molar refractivity (Wildman–Crippen MR) is 108 cm³/mol. The number of nitrogens with zero attached hydrogens (tertiary/aromatic N) is 4. The zero-order chi connectivity index (χ0) is 21.5. The van der Waals surface area contributed by atoms with Gasteiger partial charge < -0.3 is 19.9 Å². The molecule has 0 aliphatic carbocycles. The van der Waals surface area contributed by atoms with E-state index in [-0.39, 0.29) is 30.5 Å². The Morgan fingerprint density at radius 2 is 2.06 bits per heavy atom. The molecule has 2 atom stereocenters. The van der Waals surface area contributed by atoms with E-state index in [0.29, 0.717) is 37.6 Å². The number of hydrogen-bond acceptors (Lipinski definition) is 6. The number of ether oxygens (including phenoxy) is 1. The van der Waals surface area contributed by atoms with Gasteiger partial charge in [-0.15, -0.1) is 0 Å². The van der Waals surface area contributed by atoms with Crippen molar-refractivity contribution in [2.24, 2.45) is 0 Å². The molecule has 3 aliphatic rings. The molecule has 0 radical (unpaired) electrons. The molecule has 1 unspecified atom stereocenters.